The number of carbonyl (C=O) groups excluding carboxylic acids is 2. The fourth-order valence-corrected chi connectivity index (χ4v) is 3.45. The average molecular weight is 300 g/mol. The zero-order valence-corrected chi connectivity index (χ0v) is 13.6. The summed E-state index contributed by atoms with van der Waals surface area (Å²) in [4.78, 5) is 25.5. The molecule has 0 radical (unpaired) electrons. The summed E-state index contributed by atoms with van der Waals surface area (Å²) in [5.41, 5.74) is 4.26. The molecule has 1 aromatic carbocycles. The third-order valence-corrected chi connectivity index (χ3v) is 4.40. The van der Waals surface area contributed by atoms with Crippen molar-refractivity contribution in [3.8, 4) is 0 Å². The van der Waals surface area contributed by atoms with Crippen LogP contribution in [-0.4, -0.2) is 22.8 Å². The lowest BCUT2D eigenvalue weighted by Gasteiger charge is -2.29. The van der Waals surface area contributed by atoms with Gasteiger partial charge in [-0.3, -0.25) is 19.8 Å². The van der Waals surface area contributed by atoms with Crippen molar-refractivity contribution in [3.63, 3.8) is 0 Å². The number of piperidine rings is 1. The summed E-state index contributed by atoms with van der Waals surface area (Å²) < 4.78 is 0. The Labute approximate surface area is 131 Å². The summed E-state index contributed by atoms with van der Waals surface area (Å²) in [6.07, 6.45) is 2.13. The van der Waals surface area contributed by atoms with Crippen molar-refractivity contribution in [2.24, 2.45) is 5.41 Å². The van der Waals surface area contributed by atoms with E-state index in [2.05, 4.69) is 49.2 Å². The molecule has 0 aromatic heterocycles. The Kier molecular flexibility index (Phi) is 3.81. The Bertz CT molecular complexity index is 616. The van der Waals surface area contributed by atoms with Gasteiger partial charge in [0, 0.05) is 19.5 Å². The second-order valence-electron chi connectivity index (χ2n) is 7.71. The fourth-order valence-electron chi connectivity index (χ4n) is 3.45. The number of carbonyl (C=O) groups is 2. The van der Waals surface area contributed by atoms with Crippen LogP contribution < -0.4 is 5.32 Å². The summed E-state index contributed by atoms with van der Waals surface area (Å²) in [5.74, 6) is -0.288. The first kappa shape index (κ1) is 15.2. The van der Waals surface area contributed by atoms with E-state index in [-0.39, 0.29) is 23.3 Å². The van der Waals surface area contributed by atoms with Gasteiger partial charge < -0.3 is 0 Å². The van der Waals surface area contributed by atoms with Gasteiger partial charge in [-0.05, 0) is 34.9 Å². The fraction of sp³-hybridized carbons (Fsp3) is 0.556. The van der Waals surface area contributed by atoms with Gasteiger partial charge in [0.2, 0.25) is 11.8 Å². The Morgan fingerprint density at radius 1 is 1.18 bits per heavy atom. The van der Waals surface area contributed by atoms with Crippen molar-refractivity contribution in [1.82, 2.24) is 10.2 Å². The van der Waals surface area contributed by atoms with Gasteiger partial charge in [0.05, 0.1) is 6.04 Å². The van der Waals surface area contributed by atoms with Crippen LogP contribution in [0.3, 0.4) is 0 Å². The van der Waals surface area contributed by atoms with Gasteiger partial charge in [-0.2, -0.15) is 0 Å². The summed E-state index contributed by atoms with van der Waals surface area (Å²) in [5, 5.41) is 2.46. The maximum absolute atomic E-state index is 12.0. The van der Waals surface area contributed by atoms with E-state index >= 15 is 0 Å². The van der Waals surface area contributed by atoms with Crippen molar-refractivity contribution in [1.29, 1.82) is 0 Å². The van der Waals surface area contributed by atoms with Crippen LogP contribution in [0, 0.1) is 5.41 Å². The van der Waals surface area contributed by atoms with Gasteiger partial charge in [-0.1, -0.05) is 39.0 Å². The van der Waals surface area contributed by atoms with Crippen LogP contribution in [0.15, 0.2) is 18.2 Å². The monoisotopic (exact) mass is 300 g/mol. The number of nitrogens with one attached hydrogen (secondary N) is 1. The van der Waals surface area contributed by atoms with Crippen molar-refractivity contribution in [2.45, 2.75) is 59.2 Å². The molecule has 1 N–H and O–H groups in total. The molecule has 1 saturated heterocycles. The van der Waals surface area contributed by atoms with Crippen molar-refractivity contribution >= 4 is 11.8 Å². The SMILES string of the molecule is CC(C)(C)Cc1ccc2c(c1)CN(C1CCC(=O)NC1=O)C2. The largest absolute Gasteiger partial charge is 0.295 e. The molecular weight excluding hydrogens is 276 g/mol. The van der Waals surface area contributed by atoms with Crippen LogP contribution in [0.2, 0.25) is 0 Å². The lowest BCUT2D eigenvalue weighted by atomic mass is 9.87. The third kappa shape index (κ3) is 3.22. The first-order chi connectivity index (χ1) is 10.3. The molecule has 2 aliphatic rings. The third-order valence-electron chi connectivity index (χ3n) is 4.40. The Hall–Kier alpha value is -1.68. The zero-order chi connectivity index (χ0) is 15.9. The van der Waals surface area contributed by atoms with E-state index in [0.717, 1.165) is 19.5 Å². The van der Waals surface area contributed by atoms with E-state index in [4.69, 9.17) is 0 Å². The van der Waals surface area contributed by atoms with Gasteiger partial charge in [0.25, 0.3) is 0 Å². The second-order valence-corrected chi connectivity index (χ2v) is 7.71. The van der Waals surface area contributed by atoms with Crippen molar-refractivity contribution < 1.29 is 9.59 Å². The topological polar surface area (TPSA) is 49.4 Å². The zero-order valence-electron chi connectivity index (χ0n) is 13.6. The van der Waals surface area contributed by atoms with E-state index in [9.17, 15) is 9.59 Å². The number of hydrogen-bond donors (Lipinski definition) is 1. The molecule has 3 rings (SSSR count). The average Bonchev–Trinajstić information content (AvgIpc) is 2.79. The van der Waals surface area contributed by atoms with Crippen LogP contribution in [0.1, 0.15) is 50.3 Å². The minimum absolute atomic E-state index is 0.140. The van der Waals surface area contributed by atoms with Crippen LogP contribution in [-0.2, 0) is 29.1 Å². The first-order valence-electron chi connectivity index (χ1n) is 8.00. The van der Waals surface area contributed by atoms with Crippen LogP contribution in [0.5, 0.6) is 0 Å². The molecule has 1 aromatic rings. The Morgan fingerprint density at radius 3 is 2.59 bits per heavy atom. The highest BCUT2D eigenvalue weighted by Crippen LogP contribution is 2.30. The second kappa shape index (κ2) is 5.51. The minimum Gasteiger partial charge on any atom is -0.295 e. The molecule has 22 heavy (non-hydrogen) atoms. The van der Waals surface area contributed by atoms with E-state index in [1.807, 2.05) is 0 Å². The normalized spacial score (nSPS) is 22.6. The molecule has 4 heteroatoms. The number of imide groups is 1. The molecule has 0 aliphatic carbocycles. The molecule has 2 aliphatic heterocycles. The quantitative estimate of drug-likeness (QED) is 0.853. The highest BCUT2D eigenvalue weighted by atomic mass is 16.2. The summed E-state index contributed by atoms with van der Waals surface area (Å²) in [6.45, 7) is 8.35. The lowest BCUT2D eigenvalue weighted by molar-refractivity contribution is -0.137. The molecule has 2 heterocycles. The smallest absolute Gasteiger partial charge is 0.243 e. The van der Waals surface area contributed by atoms with E-state index in [0.29, 0.717) is 12.8 Å². The van der Waals surface area contributed by atoms with E-state index < -0.39 is 0 Å². The number of hydrogen-bond acceptors (Lipinski definition) is 3. The highest BCUT2D eigenvalue weighted by Gasteiger charge is 2.34. The van der Waals surface area contributed by atoms with Gasteiger partial charge in [0.1, 0.15) is 0 Å². The van der Waals surface area contributed by atoms with Crippen molar-refractivity contribution in [3.05, 3.63) is 34.9 Å². The summed E-state index contributed by atoms with van der Waals surface area (Å²) >= 11 is 0. The highest BCUT2D eigenvalue weighted by molar-refractivity contribution is 6.00. The molecule has 0 spiro atoms. The van der Waals surface area contributed by atoms with Gasteiger partial charge >= 0.3 is 0 Å². The molecule has 4 nitrogen and oxygen atoms in total. The Morgan fingerprint density at radius 2 is 1.91 bits per heavy atom. The lowest BCUT2D eigenvalue weighted by Crippen LogP contribution is -2.50. The van der Waals surface area contributed by atoms with Crippen LogP contribution >= 0.6 is 0 Å². The molecule has 1 fully saturated rings. The molecule has 118 valence electrons. The molecule has 1 unspecified atom stereocenters. The predicted molar refractivity (Wildman–Crippen MR) is 85.0 cm³/mol. The van der Waals surface area contributed by atoms with Crippen molar-refractivity contribution in [2.75, 3.05) is 0 Å². The Balaban J connectivity index is 1.73. The first-order valence-corrected chi connectivity index (χ1v) is 8.00. The molecule has 2 amide bonds. The molecule has 1 atom stereocenters. The summed E-state index contributed by atoms with van der Waals surface area (Å²) in [6, 6.07) is 6.52. The number of fused-ring (bicyclic) bond motifs is 1. The standard InChI is InChI=1S/C18H24N2O2/c1-18(2,3)9-12-4-5-13-10-20(11-14(13)8-12)15-6-7-16(21)19-17(15)22/h4-5,8,15H,6-7,9-11H2,1-3H3,(H,19,21,22). The van der Waals surface area contributed by atoms with E-state index in [1.165, 1.54) is 16.7 Å². The van der Waals surface area contributed by atoms with Crippen LogP contribution in [0.25, 0.3) is 0 Å². The molecule has 0 bridgehead atoms. The molecular formula is C18H24N2O2. The minimum atomic E-state index is -0.170. The maximum Gasteiger partial charge on any atom is 0.243 e. The maximum atomic E-state index is 12.0. The van der Waals surface area contributed by atoms with Gasteiger partial charge in [0.15, 0.2) is 0 Å². The van der Waals surface area contributed by atoms with Gasteiger partial charge in [-0.25, -0.2) is 0 Å². The molecule has 0 saturated carbocycles. The summed E-state index contributed by atoms with van der Waals surface area (Å²) in [7, 11) is 0. The number of amides is 2. The number of rotatable bonds is 2. The van der Waals surface area contributed by atoms with Crippen LogP contribution in [0.4, 0.5) is 0 Å². The number of benzene rings is 1. The predicted octanol–water partition coefficient (Wildman–Crippen LogP) is 2.40. The van der Waals surface area contributed by atoms with E-state index in [1.54, 1.807) is 0 Å². The number of nitrogens with zero attached hydrogens (tertiary/aromatic N) is 1. The van der Waals surface area contributed by atoms with Gasteiger partial charge in [-0.15, -0.1) is 0 Å².